The van der Waals surface area contributed by atoms with Gasteiger partial charge in [-0.2, -0.15) is 0 Å². The summed E-state index contributed by atoms with van der Waals surface area (Å²) in [6, 6.07) is 26.9. The molecule has 0 radical (unpaired) electrons. The largest absolute Gasteiger partial charge is 0.352 e. The van der Waals surface area contributed by atoms with Gasteiger partial charge in [-0.05, 0) is 48.2 Å². The van der Waals surface area contributed by atoms with Gasteiger partial charge in [0.25, 0.3) is 0 Å². The number of thioether (sulfide) groups is 1. The van der Waals surface area contributed by atoms with Crippen molar-refractivity contribution in [3.8, 4) is 0 Å². The van der Waals surface area contributed by atoms with E-state index in [1.54, 1.807) is 4.90 Å². The average molecular weight is 521 g/mol. The van der Waals surface area contributed by atoms with Gasteiger partial charge in [0.1, 0.15) is 6.04 Å². The van der Waals surface area contributed by atoms with Crippen LogP contribution in [0.3, 0.4) is 0 Å². The van der Waals surface area contributed by atoms with E-state index in [-0.39, 0.29) is 23.6 Å². The Kier molecular flexibility index (Phi) is 9.88. The summed E-state index contributed by atoms with van der Waals surface area (Å²) in [7, 11) is 0. The number of halogens is 1. The Morgan fingerprint density at radius 2 is 1.50 bits per heavy atom. The molecule has 1 atom stereocenters. The molecule has 0 heterocycles. The van der Waals surface area contributed by atoms with Crippen LogP contribution in [0.2, 0.25) is 5.02 Å². The van der Waals surface area contributed by atoms with E-state index in [1.807, 2.05) is 84.9 Å². The molecule has 1 aliphatic rings. The van der Waals surface area contributed by atoms with Crippen molar-refractivity contribution in [2.75, 3.05) is 5.75 Å². The highest BCUT2D eigenvalue weighted by molar-refractivity contribution is 8.00. The fraction of sp³-hybridized carbons (Fsp3) is 0.333. The van der Waals surface area contributed by atoms with Crippen LogP contribution < -0.4 is 5.32 Å². The highest BCUT2D eigenvalue weighted by Crippen LogP contribution is 2.23. The van der Waals surface area contributed by atoms with Gasteiger partial charge in [0.05, 0.1) is 5.75 Å². The van der Waals surface area contributed by atoms with Crippen molar-refractivity contribution in [2.24, 2.45) is 0 Å². The zero-order valence-corrected chi connectivity index (χ0v) is 22.0. The fourth-order valence-corrected chi connectivity index (χ4v) is 5.56. The molecule has 0 bridgehead atoms. The lowest BCUT2D eigenvalue weighted by molar-refractivity contribution is -0.139. The summed E-state index contributed by atoms with van der Waals surface area (Å²) >= 11 is 7.61. The fourth-order valence-electron chi connectivity index (χ4n) is 4.63. The van der Waals surface area contributed by atoms with Crippen LogP contribution in [0, 0.1) is 0 Å². The average Bonchev–Trinajstić information content (AvgIpc) is 2.92. The minimum absolute atomic E-state index is 0.0569. The monoisotopic (exact) mass is 520 g/mol. The normalized spacial score (nSPS) is 14.7. The standard InChI is InChI=1S/C30H33ClN2O2S/c31-25-18-16-24(17-19-25)21-33(29(34)22-36-27-14-8-3-9-15-27)28(20-23-10-4-1-5-11-23)30(35)32-26-12-6-2-7-13-26/h1,3-5,8-11,14-19,26,28H,2,6-7,12-13,20-22H2,(H,32,35)/t28-/m0/s1. The summed E-state index contributed by atoms with van der Waals surface area (Å²) in [4.78, 5) is 30.2. The van der Waals surface area contributed by atoms with Crippen molar-refractivity contribution in [1.82, 2.24) is 10.2 Å². The number of rotatable bonds is 10. The van der Waals surface area contributed by atoms with Crippen molar-refractivity contribution in [3.63, 3.8) is 0 Å². The first-order valence-electron chi connectivity index (χ1n) is 12.6. The van der Waals surface area contributed by atoms with Gasteiger partial charge in [-0.1, -0.05) is 91.5 Å². The van der Waals surface area contributed by atoms with E-state index in [1.165, 1.54) is 18.2 Å². The first-order chi connectivity index (χ1) is 17.6. The maximum Gasteiger partial charge on any atom is 0.243 e. The highest BCUT2D eigenvalue weighted by atomic mass is 35.5. The number of amides is 2. The predicted molar refractivity (Wildman–Crippen MR) is 148 cm³/mol. The third-order valence-corrected chi connectivity index (χ3v) is 7.84. The second kappa shape index (κ2) is 13.5. The lowest BCUT2D eigenvalue weighted by Gasteiger charge is -2.33. The molecule has 0 unspecified atom stereocenters. The van der Waals surface area contributed by atoms with Crippen LogP contribution in [-0.2, 0) is 22.6 Å². The molecular formula is C30H33ClN2O2S. The number of carbonyl (C=O) groups is 2. The number of hydrogen-bond donors (Lipinski definition) is 1. The van der Waals surface area contributed by atoms with Gasteiger partial charge in [-0.15, -0.1) is 11.8 Å². The first kappa shape index (κ1) is 26.3. The van der Waals surface area contributed by atoms with E-state index in [0.717, 1.165) is 41.7 Å². The van der Waals surface area contributed by atoms with Gasteiger partial charge in [0.2, 0.25) is 11.8 Å². The molecule has 0 spiro atoms. The van der Waals surface area contributed by atoms with E-state index < -0.39 is 6.04 Å². The second-order valence-electron chi connectivity index (χ2n) is 9.30. The molecule has 36 heavy (non-hydrogen) atoms. The molecule has 1 aliphatic carbocycles. The third-order valence-electron chi connectivity index (χ3n) is 6.59. The van der Waals surface area contributed by atoms with Crippen LogP contribution in [0.25, 0.3) is 0 Å². The molecular weight excluding hydrogens is 488 g/mol. The lowest BCUT2D eigenvalue weighted by Crippen LogP contribution is -2.53. The van der Waals surface area contributed by atoms with E-state index in [2.05, 4.69) is 5.32 Å². The smallest absolute Gasteiger partial charge is 0.243 e. The Morgan fingerprint density at radius 3 is 2.17 bits per heavy atom. The minimum Gasteiger partial charge on any atom is -0.352 e. The second-order valence-corrected chi connectivity index (χ2v) is 10.8. The molecule has 6 heteroatoms. The van der Waals surface area contributed by atoms with Crippen molar-refractivity contribution in [3.05, 3.63) is 101 Å². The van der Waals surface area contributed by atoms with Gasteiger partial charge in [0.15, 0.2) is 0 Å². The van der Waals surface area contributed by atoms with Crippen LogP contribution in [0.15, 0.2) is 89.8 Å². The molecule has 3 aromatic rings. The topological polar surface area (TPSA) is 49.4 Å². The zero-order valence-electron chi connectivity index (χ0n) is 20.4. The van der Waals surface area contributed by atoms with Gasteiger partial charge >= 0.3 is 0 Å². The Morgan fingerprint density at radius 1 is 0.861 bits per heavy atom. The molecule has 3 aromatic carbocycles. The number of carbonyl (C=O) groups excluding carboxylic acids is 2. The molecule has 4 nitrogen and oxygen atoms in total. The molecule has 188 valence electrons. The van der Waals surface area contributed by atoms with Crippen LogP contribution >= 0.6 is 23.4 Å². The van der Waals surface area contributed by atoms with Crippen LogP contribution in [0.4, 0.5) is 0 Å². The van der Waals surface area contributed by atoms with E-state index >= 15 is 0 Å². The van der Waals surface area contributed by atoms with E-state index in [4.69, 9.17) is 11.6 Å². The Hall–Kier alpha value is -2.76. The maximum absolute atomic E-state index is 13.7. The van der Waals surface area contributed by atoms with Crippen molar-refractivity contribution in [1.29, 1.82) is 0 Å². The maximum atomic E-state index is 13.7. The minimum atomic E-state index is -0.603. The Balaban J connectivity index is 1.60. The van der Waals surface area contributed by atoms with Crippen LogP contribution in [-0.4, -0.2) is 34.6 Å². The summed E-state index contributed by atoms with van der Waals surface area (Å²) < 4.78 is 0. The van der Waals surface area contributed by atoms with Crippen LogP contribution in [0.5, 0.6) is 0 Å². The van der Waals surface area contributed by atoms with E-state index in [0.29, 0.717) is 18.0 Å². The number of hydrogen-bond acceptors (Lipinski definition) is 3. The van der Waals surface area contributed by atoms with E-state index in [9.17, 15) is 9.59 Å². The summed E-state index contributed by atoms with van der Waals surface area (Å²) in [5.74, 6) is 0.135. The summed E-state index contributed by atoms with van der Waals surface area (Å²) in [6.45, 7) is 0.348. The molecule has 1 N–H and O–H groups in total. The molecule has 0 aliphatic heterocycles. The first-order valence-corrected chi connectivity index (χ1v) is 14.0. The van der Waals surface area contributed by atoms with Crippen molar-refractivity contribution >= 4 is 35.2 Å². The van der Waals surface area contributed by atoms with Gasteiger partial charge < -0.3 is 10.2 Å². The van der Waals surface area contributed by atoms with Gasteiger partial charge in [-0.3, -0.25) is 9.59 Å². The van der Waals surface area contributed by atoms with Gasteiger partial charge in [-0.25, -0.2) is 0 Å². The van der Waals surface area contributed by atoms with Crippen molar-refractivity contribution in [2.45, 2.75) is 62.0 Å². The SMILES string of the molecule is O=C(NC1CCCCC1)[C@H](Cc1ccccc1)N(Cc1ccc(Cl)cc1)C(=O)CSc1ccccc1. The molecule has 2 amide bonds. The van der Waals surface area contributed by atoms with Gasteiger partial charge in [0, 0.05) is 28.9 Å². The molecule has 0 aromatic heterocycles. The van der Waals surface area contributed by atoms with Crippen molar-refractivity contribution < 1.29 is 9.59 Å². The third kappa shape index (κ3) is 7.87. The summed E-state index contributed by atoms with van der Waals surface area (Å²) in [5, 5.41) is 3.93. The molecule has 1 fully saturated rings. The number of nitrogens with zero attached hydrogens (tertiary/aromatic N) is 1. The highest BCUT2D eigenvalue weighted by Gasteiger charge is 2.31. The molecule has 1 saturated carbocycles. The van der Waals surface area contributed by atoms with Crippen LogP contribution in [0.1, 0.15) is 43.2 Å². The lowest BCUT2D eigenvalue weighted by atomic mass is 9.94. The molecule has 0 saturated heterocycles. The quantitative estimate of drug-likeness (QED) is 0.309. The molecule has 4 rings (SSSR count). The number of nitrogens with one attached hydrogen (secondary N) is 1. The Labute approximate surface area is 223 Å². The zero-order chi connectivity index (χ0) is 25.2. The Bertz CT molecular complexity index is 1100. The summed E-state index contributed by atoms with van der Waals surface area (Å²) in [6.07, 6.45) is 5.95. The number of benzene rings is 3. The summed E-state index contributed by atoms with van der Waals surface area (Å²) in [5.41, 5.74) is 1.98. The predicted octanol–water partition coefficient (Wildman–Crippen LogP) is 6.52.